The summed E-state index contributed by atoms with van der Waals surface area (Å²) < 4.78 is 0. The molecular weight excluding hydrogens is 214 g/mol. The zero-order chi connectivity index (χ0) is 12.7. The Hall–Kier alpha value is -1.71. The third-order valence-electron chi connectivity index (χ3n) is 2.67. The summed E-state index contributed by atoms with van der Waals surface area (Å²) in [6.07, 6.45) is 0.510. The van der Waals surface area contributed by atoms with E-state index in [1.165, 1.54) is 0 Å². The molecule has 0 bridgehead atoms. The number of hydrogen-bond donors (Lipinski definition) is 2. The van der Waals surface area contributed by atoms with Crippen molar-refractivity contribution in [3.8, 4) is 0 Å². The van der Waals surface area contributed by atoms with Crippen LogP contribution in [0.2, 0.25) is 0 Å². The summed E-state index contributed by atoms with van der Waals surface area (Å²) in [6, 6.07) is 7.54. The molecule has 0 fully saturated rings. The molecule has 0 heterocycles. The van der Waals surface area contributed by atoms with Gasteiger partial charge in [0.05, 0.1) is 0 Å². The number of nitrogens with zero attached hydrogens (tertiary/aromatic N) is 1. The standard InChI is InChI=1S/C13H21N3O/c1-3-16(4-2)13(17)8-9-15-12-7-5-6-11(14)10-12/h5-7,10,15H,3-4,8-9,14H2,1-2H3. The van der Waals surface area contributed by atoms with E-state index in [0.717, 1.165) is 24.5 Å². The highest BCUT2D eigenvalue weighted by molar-refractivity contribution is 5.76. The van der Waals surface area contributed by atoms with Crippen molar-refractivity contribution in [2.24, 2.45) is 0 Å². The Balaban J connectivity index is 2.35. The lowest BCUT2D eigenvalue weighted by Crippen LogP contribution is -2.31. The van der Waals surface area contributed by atoms with Crippen molar-refractivity contribution in [3.05, 3.63) is 24.3 Å². The molecule has 0 radical (unpaired) electrons. The molecule has 4 nitrogen and oxygen atoms in total. The van der Waals surface area contributed by atoms with Crippen LogP contribution < -0.4 is 11.1 Å². The molecule has 0 spiro atoms. The number of anilines is 2. The first-order valence-electron chi connectivity index (χ1n) is 6.04. The first-order chi connectivity index (χ1) is 8.17. The topological polar surface area (TPSA) is 58.4 Å². The summed E-state index contributed by atoms with van der Waals surface area (Å²) in [7, 11) is 0. The Bertz CT molecular complexity index is 361. The number of nitrogen functional groups attached to an aromatic ring is 1. The van der Waals surface area contributed by atoms with Crippen molar-refractivity contribution in [3.63, 3.8) is 0 Å². The van der Waals surface area contributed by atoms with Gasteiger partial charge in [0.15, 0.2) is 0 Å². The average molecular weight is 235 g/mol. The Labute approximate surface area is 103 Å². The van der Waals surface area contributed by atoms with E-state index in [9.17, 15) is 4.79 Å². The fraction of sp³-hybridized carbons (Fsp3) is 0.462. The van der Waals surface area contributed by atoms with Gasteiger partial charge in [0.2, 0.25) is 5.91 Å². The summed E-state index contributed by atoms with van der Waals surface area (Å²) in [5, 5.41) is 3.19. The molecule has 0 saturated carbocycles. The number of amides is 1. The number of rotatable bonds is 6. The van der Waals surface area contributed by atoms with E-state index in [2.05, 4.69) is 5.32 Å². The van der Waals surface area contributed by atoms with E-state index in [0.29, 0.717) is 13.0 Å². The lowest BCUT2D eigenvalue weighted by molar-refractivity contribution is -0.130. The summed E-state index contributed by atoms with van der Waals surface area (Å²) in [4.78, 5) is 13.6. The molecule has 0 aromatic heterocycles. The van der Waals surface area contributed by atoms with Crippen molar-refractivity contribution in [1.82, 2.24) is 4.90 Å². The highest BCUT2D eigenvalue weighted by Crippen LogP contribution is 2.11. The van der Waals surface area contributed by atoms with E-state index >= 15 is 0 Å². The molecule has 0 aliphatic carbocycles. The van der Waals surface area contributed by atoms with Crippen LogP contribution in [0, 0.1) is 0 Å². The third kappa shape index (κ3) is 4.34. The molecular formula is C13H21N3O. The number of carbonyl (C=O) groups excluding carboxylic acids is 1. The Morgan fingerprint density at radius 1 is 1.35 bits per heavy atom. The zero-order valence-electron chi connectivity index (χ0n) is 10.6. The zero-order valence-corrected chi connectivity index (χ0v) is 10.6. The van der Waals surface area contributed by atoms with Crippen molar-refractivity contribution < 1.29 is 4.79 Å². The Kier molecular flexibility index (Phi) is 5.33. The minimum absolute atomic E-state index is 0.186. The van der Waals surface area contributed by atoms with Gasteiger partial charge in [-0.2, -0.15) is 0 Å². The summed E-state index contributed by atoms with van der Waals surface area (Å²) in [6.45, 7) is 6.17. The van der Waals surface area contributed by atoms with Gasteiger partial charge in [0.1, 0.15) is 0 Å². The minimum atomic E-state index is 0.186. The predicted molar refractivity (Wildman–Crippen MR) is 71.9 cm³/mol. The van der Waals surface area contributed by atoms with Gasteiger partial charge in [-0.3, -0.25) is 4.79 Å². The summed E-state index contributed by atoms with van der Waals surface area (Å²) in [5.41, 5.74) is 7.35. The van der Waals surface area contributed by atoms with Crippen LogP contribution in [0.25, 0.3) is 0 Å². The van der Waals surface area contributed by atoms with Crippen LogP contribution in [0.1, 0.15) is 20.3 Å². The molecule has 4 heteroatoms. The molecule has 0 saturated heterocycles. The number of carbonyl (C=O) groups is 1. The maximum Gasteiger partial charge on any atom is 0.224 e. The van der Waals surface area contributed by atoms with Gasteiger partial charge in [-0.1, -0.05) is 6.07 Å². The predicted octanol–water partition coefficient (Wildman–Crippen LogP) is 1.94. The van der Waals surface area contributed by atoms with Crippen LogP contribution in [0.5, 0.6) is 0 Å². The molecule has 3 N–H and O–H groups in total. The average Bonchev–Trinajstić information content (AvgIpc) is 2.30. The summed E-state index contributed by atoms with van der Waals surface area (Å²) >= 11 is 0. The molecule has 0 unspecified atom stereocenters. The molecule has 0 aliphatic heterocycles. The van der Waals surface area contributed by atoms with Crippen LogP contribution in [-0.4, -0.2) is 30.4 Å². The molecule has 0 aliphatic rings. The highest BCUT2D eigenvalue weighted by Gasteiger charge is 2.08. The smallest absolute Gasteiger partial charge is 0.224 e. The first-order valence-corrected chi connectivity index (χ1v) is 6.04. The third-order valence-corrected chi connectivity index (χ3v) is 2.67. The fourth-order valence-corrected chi connectivity index (χ4v) is 1.70. The van der Waals surface area contributed by atoms with Crippen LogP contribution in [0.3, 0.4) is 0 Å². The number of nitrogens with one attached hydrogen (secondary N) is 1. The summed E-state index contributed by atoms with van der Waals surface area (Å²) in [5.74, 6) is 0.186. The highest BCUT2D eigenvalue weighted by atomic mass is 16.2. The molecule has 17 heavy (non-hydrogen) atoms. The SMILES string of the molecule is CCN(CC)C(=O)CCNc1cccc(N)c1. The minimum Gasteiger partial charge on any atom is -0.399 e. The van der Waals surface area contributed by atoms with Gasteiger partial charge in [-0.05, 0) is 32.0 Å². The number of hydrogen-bond acceptors (Lipinski definition) is 3. The van der Waals surface area contributed by atoms with Gasteiger partial charge < -0.3 is 16.0 Å². The second-order valence-electron chi connectivity index (χ2n) is 3.87. The maximum absolute atomic E-state index is 11.7. The first kappa shape index (κ1) is 13.4. The van der Waals surface area contributed by atoms with Crippen molar-refractivity contribution in [2.75, 3.05) is 30.7 Å². The van der Waals surface area contributed by atoms with Crippen LogP contribution >= 0.6 is 0 Å². The second-order valence-corrected chi connectivity index (χ2v) is 3.87. The van der Waals surface area contributed by atoms with E-state index in [4.69, 9.17) is 5.73 Å². The lowest BCUT2D eigenvalue weighted by Gasteiger charge is -2.18. The molecule has 1 aromatic carbocycles. The van der Waals surface area contributed by atoms with E-state index in [1.807, 2.05) is 43.0 Å². The van der Waals surface area contributed by atoms with Gasteiger partial charge in [0.25, 0.3) is 0 Å². The maximum atomic E-state index is 11.7. The van der Waals surface area contributed by atoms with E-state index in [-0.39, 0.29) is 5.91 Å². The largest absolute Gasteiger partial charge is 0.399 e. The van der Waals surface area contributed by atoms with Crippen LogP contribution in [0.15, 0.2) is 24.3 Å². The number of nitrogens with two attached hydrogens (primary N) is 1. The van der Waals surface area contributed by atoms with Gasteiger partial charge >= 0.3 is 0 Å². The normalized spacial score (nSPS) is 10.0. The molecule has 1 aromatic rings. The second kappa shape index (κ2) is 6.78. The lowest BCUT2D eigenvalue weighted by atomic mass is 10.2. The van der Waals surface area contributed by atoms with E-state index in [1.54, 1.807) is 0 Å². The van der Waals surface area contributed by atoms with Gasteiger partial charge in [0, 0.05) is 37.4 Å². The van der Waals surface area contributed by atoms with Gasteiger partial charge in [-0.15, -0.1) is 0 Å². The van der Waals surface area contributed by atoms with Crippen LogP contribution in [-0.2, 0) is 4.79 Å². The molecule has 94 valence electrons. The van der Waals surface area contributed by atoms with Crippen LogP contribution in [0.4, 0.5) is 11.4 Å². The number of benzene rings is 1. The molecule has 1 rings (SSSR count). The Morgan fingerprint density at radius 2 is 2.06 bits per heavy atom. The Morgan fingerprint density at radius 3 is 2.65 bits per heavy atom. The monoisotopic (exact) mass is 235 g/mol. The van der Waals surface area contributed by atoms with Crippen molar-refractivity contribution in [2.45, 2.75) is 20.3 Å². The molecule has 1 amide bonds. The van der Waals surface area contributed by atoms with Crippen molar-refractivity contribution >= 4 is 17.3 Å². The van der Waals surface area contributed by atoms with E-state index < -0.39 is 0 Å². The quantitative estimate of drug-likeness (QED) is 0.741. The van der Waals surface area contributed by atoms with Crippen molar-refractivity contribution in [1.29, 1.82) is 0 Å². The van der Waals surface area contributed by atoms with Gasteiger partial charge in [-0.25, -0.2) is 0 Å². The fourth-order valence-electron chi connectivity index (χ4n) is 1.70. The molecule has 0 atom stereocenters.